The van der Waals surface area contributed by atoms with E-state index in [0.717, 1.165) is 6.42 Å². The molecule has 4 heteroatoms. The largest absolute Gasteiger partial charge is 0.324 e. The normalized spacial score (nSPS) is 12.4. The van der Waals surface area contributed by atoms with E-state index in [1.54, 1.807) is 6.92 Å². The number of halogens is 3. The van der Waals surface area contributed by atoms with Gasteiger partial charge in [-0.15, -0.1) is 12.4 Å². The second kappa shape index (κ2) is 6.92. The molecule has 1 aromatic rings. The van der Waals surface area contributed by atoms with Crippen molar-refractivity contribution in [2.45, 2.75) is 39.7 Å². The molecule has 0 radical (unpaired) electrons. The Morgan fingerprint density at radius 3 is 2.29 bits per heavy atom. The lowest BCUT2D eigenvalue weighted by Gasteiger charge is -2.16. The molecule has 1 aromatic carbocycles. The Balaban J connectivity index is 0.00000256. The van der Waals surface area contributed by atoms with Gasteiger partial charge in [-0.05, 0) is 37.3 Å². The fourth-order valence-electron chi connectivity index (χ4n) is 1.68. The second-order valence-electron chi connectivity index (χ2n) is 4.67. The molecule has 1 rings (SSSR count). The SMILES string of the molecule is Cc1ccc(F)c([C@H](N)CCC(C)C)c1F.Cl. The summed E-state index contributed by atoms with van der Waals surface area (Å²) < 4.78 is 27.2. The van der Waals surface area contributed by atoms with E-state index in [1.165, 1.54) is 12.1 Å². The third-order valence-corrected chi connectivity index (χ3v) is 2.75. The molecule has 0 heterocycles. The first-order valence-corrected chi connectivity index (χ1v) is 5.63. The van der Waals surface area contributed by atoms with Crippen LogP contribution in [0.1, 0.15) is 43.9 Å². The van der Waals surface area contributed by atoms with Crippen LogP contribution in [0, 0.1) is 24.5 Å². The highest BCUT2D eigenvalue weighted by molar-refractivity contribution is 5.85. The fraction of sp³-hybridized carbons (Fsp3) is 0.538. The molecule has 0 aliphatic heterocycles. The number of benzene rings is 1. The molecule has 0 aliphatic carbocycles. The summed E-state index contributed by atoms with van der Waals surface area (Å²) in [6, 6.07) is 2.16. The molecule has 17 heavy (non-hydrogen) atoms. The maximum absolute atomic E-state index is 13.7. The summed E-state index contributed by atoms with van der Waals surface area (Å²) >= 11 is 0. The number of nitrogens with two attached hydrogens (primary N) is 1. The lowest BCUT2D eigenvalue weighted by molar-refractivity contribution is 0.467. The first-order chi connectivity index (χ1) is 7.43. The van der Waals surface area contributed by atoms with Crippen LogP contribution in [0.15, 0.2) is 12.1 Å². The summed E-state index contributed by atoms with van der Waals surface area (Å²) in [5.41, 5.74) is 6.30. The van der Waals surface area contributed by atoms with Gasteiger partial charge in [-0.1, -0.05) is 19.9 Å². The maximum atomic E-state index is 13.7. The van der Waals surface area contributed by atoms with Gasteiger partial charge in [-0.2, -0.15) is 0 Å². The molecular formula is C13H20ClF2N. The first-order valence-electron chi connectivity index (χ1n) is 5.63. The Bertz CT molecular complexity index is 367. The molecule has 0 unspecified atom stereocenters. The van der Waals surface area contributed by atoms with Gasteiger partial charge in [-0.3, -0.25) is 0 Å². The minimum absolute atomic E-state index is 0. The summed E-state index contributed by atoms with van der Waals surface area (Å²) in [6.45, 7) is 5.75. The van der Waals surface area contributed by atoms with Crippen molar-refractivity contribution in [2.75, 3.05) is 0 Å². The van der Waals surface area contributed by atoms with Crippen LogP contribution in [0.2, 0.25) is 0 Å². The van der Waals surface area contributed by atoms with Crippen molar-refractivity contribution in [3.63, 3.8) is 0 Å². The molecule has 0 amide bonds. The third kappa shape index (κ3) is 4.25. The van der Waals surface area contributed by atoms with Crippen LogP contribution in [0.25, 0.3) is 0 Å². The number of hydrogen-bond acceptors (Lipinski definition) is 1. The Hall–Kier alpha value is -0.670. The molecule has 0 saturated heterocycles. The van der Waals surface area contributed by atoms with Gasteiger partial charge in [0.2, 0.25) is 0 Å². The van der Waals surface area contributed by atoms with E-state index in [9.17, 15) is 8.78 Å². The van der Waals surface area contributed by atoms with Crippen LogP contribution in [0.5, 0.6) is 0 Å². The van der Waals surface area contributed by atoms with Crippen LogP contribution in [-0.4, -0.2) is 0 Å². The van der Waals surface area contributed by atoms with E-state index in [0.29, 0.717) is 17.9 Å². The highest BCUT2D eigenvalue weighted by Gasteiger charge is 2.18. The molecule has 0 saturated carbocycles. The number of rotatable bonds is 4. The molecule has 1 nitrogen and oxygen atoms in total. The zero-order chi connectivity index (χ0) is 12.3. The van der Waals surface area contributed by atoms with Crippen molar-refractivity contribution in [1.29, 1.82) is 0 Å². The van der Waals surface area contributed by atoms with Crippen LogP contribution in [0.4, 0.5) is 8.78 Å². The summed E-state index contributed by atoms with van der Waals surface area (Å²) in [5.74, 6) is -0.558. The van der Waals surface area contributed by atoms with Gasteiger partial charge in [-0.25, -0.2) is 8.78 Å². The average Bonchev–Trinajstić information content (AvgIpc) is 2.21. The lowest BCUT2D eigenvalue weighted by Crippen LogP contribution is -2.15. The average molecular weight is 264 g/mol. The second-order valence-corrected chi connectivity index (χ2v) is 4.67. The van der Waals surface area contributed by atoms with Gasteiger partial charge in [0.15, 0.2) is 0 Å². The maximum Gasteiger partial charge on any atom is 0.133 e. The van der Waals surface area contributed by atoms with E-state index >= 15 is 0 Å². The van der Waals surface area contributed by atoms with Crippen molar-refractivity contribution in [3.8, 4) is 0 Å². The minimum Gasteiger partial charge on any atom is -0.324 e. The zero-order valence-corrected chi connectivity index (χ0v) is 11.3. The lowest BCUT2D eigenvalue weighted by atomic mass is 9.96. The van der Waals surface area contributed by atoms with E-state index in [1.807, 2.05) is 0 Å². The van der Waals surface area contributed by atoms with Gasteiger partial charge in [0.25, 0.3) is 0 Å². The van der Waals surface area contributed by atoms with Gasteiger partial charge >= 0.3 is 0 Å². The van der Waals surface area contributed by atoms with Gasteiger partial charge in [0.05, 0.1) is 0 Å². The van der Waals surface area contributed by atoms with Crippen LogP contribution in [-0.2, 0) is 0 Å². The molecule has 0 bridgehead atoms. The van der Waals surface area contributed by atoms with Gasteiger partial charge < -0.3 is 5.73 Å². The minimum atomic E-state index is -0.553. The predicted octanol–water partition coefficient (Wildman–Crippen LogP) is 4.13. The van der Waals surface area contributed by atoms with Crippen molar-refractivity contribution >= 4 is 12.4 Å². The molecular weight excluding hydrogens is 244 g/mol. The summed E-state index contributed by atoms with van der Waals surface area (Å²) in [4.78, 5) is 0. The Labute approximate surface area is 108 Å². The summed E-state index contributed by atoms with van der Waals surface area (Å²) in [6.07, 6.45) is 1.48. The molecule has 1 atom stereocenters. The third-order valence-electron chi connectivity index (χ3n) is 2.75. The van der Waals surface area contributed by atoms with Gasteiger partial charge in [0.1, 0.15) is 11.6 Å². The smallest absolute Gasteiger partial charge is 0.133 e. The molecule has 0 aliphatic rings. The van der Waals surface area contributed by atoms with E-state index in [2.05, 4.69) is 13.8 Å². The number of aryl methyl sites for hydroxylation is 1. The molecule has 0 spiro atoms. The van der Waals surface area contributed by atoms with Crippen LogP contribution < -0.4 is 5.73 Å². The molecule has 0 fully saturated rings. The highest BCUT2D eigenvalue weighted by atomic mass is 35.5. The monoisotopic (exact) mass is 263 g/mol. The Morgan fingerprint density at radius 2 is 1.76 bits per heavy atom. The standard InChI is InChI=1S/C13H19F2N.ClH/c1-8(2)4-7-11(16)12-10(14)6-5-9(3)13(12)15;/h5-6,8,11H,4,7,16H2,1-3H3;1H/t11-;/m1./s1. The number of hydrogen-bond donors (Lipinski definition) is 1. The first kappa shape index (κ1) is 16.3. The molecule has 2 N–H and O–H groups in total. The highest BCUT2D eigenvalue weighted by Crippen LogP contribution is 2.25. The zero-order valence-electron chi connectivity index (χ0n) is 10.5. The van der Waals surface area contributed by atoms with E-state index in [-0.39, 0.29) is 18.0 Å². The summed E-state index contributed by atoms with van der Waals surface area (Å²) in [7, 11) is 0. The van der Waals surface area contributed by atoms with Crippen molar-refractivity contribution in [3.05, 3.63) is 34.9 Å². The topological polar surface area (TPSA) is 26.0 Å². The van der Waals surface area contributed by atoms with Crippen LogP contribution >= 0.6 is 12.4 Å². The van der Waals surface area contributed by atoms with Crippen LogP contribution in [0.3, 0.4) is 0 Å². The molecule has 98 valence electrons. The van der Waals surface area contributed by atoms with E-state index < -0.39 is 17.7 Å². The van der Waals surface area contributed by atoms with Gasteiger partial charge in [0, 0.05) is 11.6 Å². The Morgan fingerprint density at radius 1 is 1.18 bits per heavy atom. The fourth-order valence-corrected chi connectivity index (χ4v) is 1.68. The summed E-state index contributed by atoms with van der Waals surface area (Å²) in [5, 5.41) is 0. The molecule has 0 aromatic heterocycles. The quantitative estimate of drug-likeness (QED) is 0.868. The Kier molecular flexibility index (Phi) is 6.65. The van der Waals surface area contributed by atoms with Crippen molar-refractivity contribution < 1.29 is 8.78 Å². The van der Waals surface area contributed by atoms with Crippen molar-refractivity contribution in [1.82, 2.24) is 0 Å². The van der Waals surface area contributed by atoms with E-state index in [4.69, 9.17) is 5.73 Å². The van der Waals surface area contributed by atoms with Crippen molar-refractivity contribution in [2.24, 2.45) is 11.7 Å². The predicted molar refractivity (Wildman–Crippen MR) is 69.3 cm³/mol.